The minimum atomic E-state index is -0.219. The van der Waals surface area contributed by atoms with Crippen LogP contribution in [0, 0.1) is 0 Å². The third-order valence-electron chi connectivity index (χ3n) is 14.7. The van der Waals surface area contributed by atoms with E-state index in [4.69, 9.17) is 0 Å². The molecule has 2 heteroatoms. The summed E-state index contributed by atoms with van der Waals surface area (Å²) < 4.78 is 2.42. The Labute approximate surface area is 374 Å². The molecule has 1 aromatic heterocycles. The molecule has 304 valence electrons. The van der Waals surface area contributed by atoms with E-state index in [-0.39, 0.29) is 10.8 Å². The number of para-hydroxylation sites is 1. The maximum Gasteiger partial charge on any atom is 0.0541 e. The van der Waals surface area contributed by atoms with E-state index in [2.05, 4.69) is 243 Å². The molecule has 0 spiro atoms. The molecule has 13 rings (SSSR count). The van der Waals surface area contributed by atoms with Crippen LogP contribution in [0.3, 0.4) is 0 Å². The van der Waals surface area contributed by atoms with Gasteiger partial charge in [-0.15, -0.1) is 0 Å². The second-order valence-corrected chi connectivity index (χ2v) is 19.0. The highest BCUT2D eigenvalue weighted by Gasteiger charge is 2.38. The lowest BCUT2D eigenvalue weighted by Gasteiger charge is -2.30. The first-order chi connectivity index (χ1) is 31.2. The van der Waals surface area contributed by atoms with Crippen molar-refractivity contribution in [3.05, 3.63) is 229 Å². The maximum absolute atomic E-state index is 2.47. The Balaban J connectivity index is 0.912. The normalized spacial score (nSPS) is 14.2. The summed E-state index contributed by atoms with van der Waals surface area (Å²) in [5, 5.41) is 7.51. The van der Waals surface area contributed by atoms with E-state index < -0.39 is 0 Å². The second kappa shape index (κ2) is 13.4. The van der Waals surface area contributed by atoms with E-state index in [1.807, 2.05) is 0 Å². The Kier molecular flexibility index (Phi) is 7.74. The quantitative estimate of drug-likeness (QED) is 0.168. The summed E-state index contributed by atoms with van der Waals surface area (Å²) in [5.74, 6) is 0. The summed E-state index contributed by atoms with van der Waals surface area (Å²) in [6, 6.07) is 77.2. The molecule has 11 aromatic rings. The minimum absolute atomic E-state index is 0.102. The first-order valence-electron chi connectivity index (χ1n) is 22.6. The summed E-state index contributed by atoms with van der Waals surface area (Å²) in [6.45, 7) is 9.55. The largest absolute Gasteiger partial charge is 0.310 e. The van der Waals surface area contributed by atoms with Crippen molar-refractivity contribution in [3.8, 4) is 39.1 Å². The molecule has 0 saturated heterocycles. The number of rotatable bonds is 5. The molecule has 0 atom stereocenters. The molecule has 2 nitrogen and oxygen atoms in total. The van der Waals surface area contributed by atoms with E-state index in [0.717, 1.165) is 11.4 Å². The third-order valence-corrected chi connectivity index (χ3v) is 14.7. The zero-order valence-corrected chi connectivity index (χ0v) is 36.5. The number of nitrogens with zero attached hydrogens (tertiary/aromatic N) is 2. The zero-order chi connectivity index (χ0) is 42.9. The fourth-order valence-corrected chi connectivity index (χ4v) is 11.4. The summed E-state index contributed by atoms with van der Waals surface area (Å²) >= 11 is 0. The van der Waals surface area contributed by atoms with Gasteiger partial charge in [-0.1, -0.05) is 161 Å². The predicted octanol–water partition coefficient (Wildman–Crippen LogP) is 16.8. The smallest absolute Gasteiger partial charge is 0.0541 e. The lowest BCUT2D eigenvalue weighted by atomic mass is 9.81. The Morgan fingerprint density at radius 3 is 1.55 bits per heavy atom. The van der Waals surface area contributed by atoms with Gasteiger partial charge in [0.1, 0.15) is 0 Å². The third kappa shape index (κ3) is 5.32. The van der Waals surface area contributed by atoms with Crippen LogP contribution in [0.15, 0.2) is 206 Å². The van der Waals surface area contributed by atoms with E-state index in [1.54, 1.807) is 0 Å². The van der Waals surface area contributed by atoms with E-state index in [0.29, 0.717) is 0 Å². The van der Waals surface area contributed by atoms with Crippen molar-refractivity contribution in [2.45, 2.75) is 38.5 Å². The highest BCUT2D eigenvalue weighted by Crippen LogP contribution is 2.54. The van der Waals surface area contributed by atoms with Gasteiger partial charge in [0.25, 0.3) is 0 Å². The molecule has 0 amide bonds. The summed E-state index contributed by atoms with van der Waals surface area (Å²) in [4.78, 5) is 2.47. The number of aromatic nitrogens is 1. The van der Waals surface area contributed by atoms with Gasteiger partial charge in [-0.05, 0) is 150 Å². The number of hydrogen-bond acceptors (Lipinski definition) is 1. The van der Waals surface area contributed by atoms with Gasteiger partial charge in [0.2, 0.25) is 0 Å². The van der Waals surface area contributed by atoms with Gasteiger partial charge < -0.3 is 9.47 Å². The fourth-order valence-electron chi connectivity index (χ4n) is 11.4. The van der Waals surface area contributed by atoms with E-state index in [9.17, 15) is 0 Å². The van der Waals surface area contributed by atoms with Crippen LogP contribution in [0.25, 0.3) is 82.4 Å². The Morgan fingerprint density at radius 2 is 0.812 bits per heavy atom. The maximum atomic E-state index is 2.47. The first-order valence-corrected chi connectivity index (χ1v) is 22.6. The summed E-state index contributed by atoms with van der Waals surface area (Å²) in [5.41, 5.74) is 20.0. The SMILES string of the molecule is CC1(C)c2ccccc2-c2ccc(N(c3ccc4c(c3)C(C)(C)c3cc(-c5ccc6c(c5)c5ccccc5n6-c5ccc6ccccc6c5)ccc3-4)c3ccc4ccccc4c3)cc21. The lowest BCUT2D eigenvalue weighted by molar-refractivity contribution is 0.660. The van der Waals surface area contributed by atoms with Crippen LogP contribution in [-0.2, 0) is 10.8 Å². The molecule has 0 saturated carbocycles. The van der Waals surface area contributed by atoms with Crippen molar-refractivity contribution in [2.75, 3.05) is 4.90 Å². The average molecular weight is 819 g/mol. The fraction of sp³-hybridized carbons (Fsp3) is 0.0968. The van der Waals surface area contributed by atoms with Gasteiger partial charge in [0.05, 0.1) is 11.0 Å². The highest BCUT2D eigenvalue weighted by atomic mass is 15.1. The van der Waals surface area contributed by atoms with Crippen molar-refractivity contribution in [2.24, 2.45) is 0 Å². The van der Waals surface area contributed by atoms with Crippen LogP contribution < -0.4 is 4.90 Å². The van der Waals surface area contributed by atoms with Crippen LogP contribution in [0.1, 0.15) is 49.9 Å². The van der Waals surface area contributed by atoms with Crippen LogP contribution in [-0.4, -0.2) is 4.57 Å². The van der Waals surface area contributed by atoms with Crippen LogP contribution in [0.2, 0.25) is 0 Å². The molecular weight excluding hydrogens is 773 g/mol. The van der Waals surface area contributed by atoms with Crippen molar-refractivity contribution in [1.82, 2.24) is 4.57 Å². The molecule has 0 radical (unpaired) electrons. The van der Waals surface area contributed by atoms with E-state index in [1.165, 1.54) is 110 Å². The average Bonchev–Trinajstić information content (AvgIpc) is 3.87. The van der Waals surface area contributed by atoms with Gasteiger partial charge in [-0.2, -0.15) is 0 Å². The summed E-state index contributed by atoms with van der Waals surface area (Å²) in [6.07, 6.45) is 0. The van der Waals surface area contributed by atoms with Crippen molar-refractivity contribution >= 4 is 60.4 Å². The zero-order valence-electron chi connectivity index (χ0n) is 36.5. The standard InChI is InChI=1S/C62H46N2/c1-61(2)55-19-11-9-17-49(55)51-30-27-47(37-57(51)61)63(45-25-21-39-13-5-7-15-41(39)33-45)48-28-31-52-50-29-23-44(36-56(50)62(3,4)58(52)38-48)43-24-32-60-54(35-43)53-18-10-12-20-59(53)64(60)46-26-22-40-14-6-8-16-42(40)34-46/h5-38H,1-4H3. The van der Waals surface area contributed by atoms with Crippen molar-refractivity contribution in [1.29, 1.82) is 0 Å². The minimum Gasteiger partial charge on any atom is -0.310 e. The second-order valence-electron chi connectivity index (χ2n) is 19.0. The monoisotopic (exact) mass is 818 g/mol. The Bertz CT molecular complexity index is 3750. The molecule has 2 aliphatic carbocycles. The number of anilines is 3. The Morgan fingerprint density at radius 1 is 0.328 bits per heavy atom. The number of hydrogen-bond donors (Lipinski definition) is 0. The van der Waals surface area contributed by atoms with Crippen molar-refractivity contribution < 1.29 is 0 Å². The Hall–Kier alpha value is -7.68. The highest BCUT2D eigenvalue weighted by molar-refractivity contribution is 6.11. The van der Waals surface area contributed by atoms with E-state index >= 15 is 0 Å². The molecule has 0 fully saturated rings. The van der Waals surface area contributed by atoms with Crippen LogP contribution in [0.4, 0.5) is 17.1 Å². The molecule has 1 heterocycles. The van der Waals surface area contributed by atoms with Crippen LogP contribution in [0.5, 0.6) is 0 Å². The molecule has 0 aliphatic heterocycles. The predicted molar refractivity (Wildman–Crippen MR) is 271 cm³/mol. The van der Waals surface area contributed by atoms with Crippen LogP contribution >= 0.6 is 0 Å². The molecule has 64 heavy (non-hydrogen) atoms. The first kappa shape index (κ1) is 36.9. The van der Waals surface area contributed by atoms with Gasteiger partial charge in [0, 0.05) is 44.4 Å². The van der Waals surface area contributed by atoms with Crippen molar-refractivity contribution in [3.63, 3.8) is 0 Å². The van der Waals surface area contributed by atoms with Gasteiger partial charge in [-0.3, -0.25) is 0 Å². The number of fused-ring (bicyclic) bond motifs is 11. The molecule has 0 unspecified atom stereocenters. The number of benzene rings is 10. The van der Waals surface area contributed by atoms with Gasteiger partial charge in [0.15, 0.2) is 0 Å². The molecule has 2 aliphatic rings. The summed E-state index contributed by atoms with van der Waals surface area (Å²) in [7, 11) is 0. The lowest BCUT2D eigenvalue weighted by Crippen LogP contribution is -2.18. The molecule has 10 aromatic carbocycles. The topological polar surface area (TPSA) is 8.17 Å². The molecular formula is C62H46N2. The van der Waals surface area contributed by atoms with Gasteiger partial charge >= 0.3 is 0 Å². The van der Waals surface area contributed by atoms with Gasteiger partial charge in [-0.25, -0.2) is 0 Å². The molecule has 0 bridgehead atoms. The molecule has 0 N–H and O–H groups in total.